The monoisotopic (exact) mass is 365 g/mol. The lowest BCUT2D eigenvalue weighted by Gasteiger charge is -2.15. The van der Waals surface area contributed by atoms with Gasteiger partial charge in [-0.2, -0.15) is 11.8 Å². The van der Waals surface area contributed by atoms with Crippen LogP contribution in [0.5, 0.6) is 0 Å². The summed E-state index contributed by atoms with van der Waals surface area (Å²) in [5.41, 5.74) is 2.58. The van der Waals surface area contributed by atoms with Crippen molar-refractivity contribution in [1.29, 1.82) is 0 Å². The molecule has 4 rings (SSSR count). The normalized spacial score (nSPS) is 12.5. The summed E-state index contributed by atoms with van der Waals surface area (Å²) >= 11 is 1.74. The fourth-order valence-electron chi connectivity index (χ4n) is 2.97. The van der Waals surface area contributed by atoms with Gasteiger partial charge >= 0.3 is 0 Å². The number of nitrogens with one attached hydrogen (secondary N) is 2. The highest BCUT2D eigenvalue weighted by Crippen LogP contribution is 2.23. The molecule has 0 aliphatic heterocycles. The van der Waals surface area contributed by atoms with Gasteiger partial charge in [-0.05, 0) is 42.7 Å². The molecule has 132 valence electrons. The third-order valence-corrected chi connectivity index (χ3v) is 4.95. The fraction of sp³-hybridized carbons (Fsp3) is 0.200. The Kier molecular flexibility index (Phi) is 4.67. The van der Waals surface area contributed by atoms with Crippen molar-refractivity contribution in [2.75, 3.05) is 12.0 Å². The van der Waals surface area contributed by atoms with E-state index in [0.29, 0.717) is 11.3 Å². The van der Waals surface area contributed by atoms with Crippen LogP contribution >= 0.6 is 11.8 Å². The van der Waals surface area contributed by atoms with E-state index in [9.17, 15) is 4.79 Å². The number of aromatic nitrogens is 2. The number of carbonyl (C=O) groups is 1. The third kappa shape index (κ3) is 3.32. The number of thioether (sulfide) groups is 1. The summed E-state index contributed by atoms with van der Waals surface area (Å²) in [6.45, 7) is 0. The molecule has 0 radical (unpaired) electrons. The summed E-state index contributed by atoms with van der Waals surface area (Å²) in [6.07, 6.45) is 2.84. The second-order valence-corrected chi connectivity index (χ2v) is 7.08. The molecule has 0 fully saturated rings. The predicted octanol–water partition coefficient (Wildman–Crippen LogP) is 4.53. The van der Waals surface area contributed by atoms with Crippen LogP contribution in [0.4, 0.5) is 0 Å². The maximum Gasteiger partial charge on any atom is 0.287 e. The van der Waals surface area contributed by atoms with E-state index in [0.717, 1.165) is 34.4 Å². The Morgan fingerprint density at radius 2 is 2.04 bits per heavy atom. The maximum absolute atomic E-state index is 12.7. The third-order valence-electron chi connectivity index (χ3n) is 4.30. The number of carbonyl (C=O) groups excluding carboxylic acids is 1. The molecule has 0 aliphatic carbocycles. The number of fused-ring (bicyclic) bond motifs is 2. The first-order valence-corrected chi connectivity index (χ1v) is 9.87. The lowest BCUT2D eigenvalue weighted by atomic mass is 10.2. The van der Waals surface area contributed by atoms with Gasteiger partial charge in [0, 0.05) is 5.39 Å². The zero-order valence-electron chi connectivity index (χ0n) is 14.4. The van der Waals surface area contributed by atoms with Gasteiger partial charge in [-0.1, -0.05) is 30.3 Å². The summed E-state index contributed by atoms with van der Waals surface area (Å²) in [6, 6.07) is 17.0. The highest BCUT2D eigenvalue weighted by molar-refractivity contribution is 7.98. The van der Waals surface area contributed by atoms with Gasteiger partial charge < -0.3 is 14.7 Å². The molecule has 0 bridgehead atoms. The Labute approximate surface area is 155 Å². The minimum Gasteiger partial charge on any atom is -0.451 e. The molecule has 4 aromatic rings. The topological polar surface area (TPSA) is 70.9 Å². The van der Waals surface area contributed by atoms with Crippen LogP contribution in [-0.2, 0) is 0 Å². The van der Waals surface area contributed by atoms with E-state index < -0.39 is 0 Å². The molecule has 0 aliphatic rings. The van der Waals surface area contributed by atoms with Crippen molar-refractivity contribution in [3.63, 3.8) is 0 Å². The summed E-state index contributed by atoms with van der Waals surface area (Å²) < 4.78 is 5.68. The molecule has 1 atom stereocenters. The lowest BCUT2D eigenvalue weighted by molar-refractivity contribution is 0.0908. The van der Waals surface area contributed by atoms with Gasteiger partial charge in [0.25, 0.3) is 5.91 Å². The number of hydrogen-bond acceptors (Lipinski definition) is 4. The molecule has 2 aromatic carbocycles. The van der Waals surface area contributed by atoms with E-state index in [2.05, 4.69) is 21.5 Å². The van der Waals surface area contributed by atoms with Crippen molar-refractivity contribution in [1.82, 2.24) is 15.3 Å². The van der Waals surface area contributed by atoms with Gasteiger partial charge in [-0.25, -0.2) is 4.98 Å². The Morgan fingerprint density at radius 3 is 2.85 bits per heavy atom. The largest absolute Gasteiger partial charge is 0.451 e. The first-order chi connectivity index (χ1) is 12.7. The number of hydrogen-bond donors (Lipinski definition) is 2. The van der Waals surface area contributed by atoms with E-state index in [1.54, 1.807) is 17.8 Å². The Hall–Kier alpha value is -2.73. The summed E-state index contributed by atoms with van der Waals surface area (Å²) in [4.78, 5) is 20.7. The van der Waals surface area contributed by atoms with Crippen molar-refractivity contribution in [3.05, 3.63) is 66.2 Å². The van der Waals surface area contributed by atoms with Crippen LogP contribution in [0.3, 0.4) is 0 Å². The summed E-state index contributed by atoms with van der Waals surface area (Å²) in [5, 5.41) is 3.99. The number of furan rings is 1. The Balaban J connectivity index is 1.60. The first kappa shape index (κ1) is 16.7. The maximum atomic E-state index is 12.7. The number of H-pyrrole nitrogens is 1. The van der Waals surface area contributed by atoms with Crippen LogP contribution in [0.2, 0.25) is 0 Å². The number of rotatable bonds is 6. The van der Waals surface area contributed by atoms with E-state index in [4.69, 9.17) is 4.42 Å². The van der Waals surface area contributed by atoms with Crippen LogP contribution < -0.4 is 5.32 Å². The molecule has 0 saturated heterocycles. The molecule has 2 aromatic heterocycles. The van der Waals surface area contributed by atoms with Crippen molar-refractivity contribution in [2.45, 2.75) is 12.5 Å². The second kappa shape index (κ2) is 7.25. The molecule has 26 heavy (non-hydrogen) atoms. The fourth-order valence-corrected chi connectivity index (χ4v) is 3.45. The molecule has 5 nitrogen and oxygen atoms in total. The number of nitrogens with zero attached hydrogens (tertiary/aromatic N) is 1. The molecular weight excluding hydrogens is 346 g/mol. The van der Waals surface area contributed by atoms with E-state index >= 15 is 0 Å². The molecule has 0 saturated carbocycles. The smallest absolute Gasteiger partial charge is 0.287 e. The molecule has 1 amide bonds. The summed E-state index contributed by atoms with van der Waals surface area (Å²) in [5.74, 6) is 1.77. The molecule has 0 unspecified atom stereocenters. The van der Waals surface area contributed by atoms with Crippen LogP contribution in [-0.4, -0.2) is 27.9 Å². The number of imidazole rings is 1. The molecule has 2 heterocycles. The van der Waals surface area contributed by atoms with Crippen molar-refractivity contribution >= 4 is 39.7 Å². The molecule has 0 spiro atoms. The highest BCUT2D eigenvalue weighted by atomic mass is 32.2. The minimum absolute atomic E-state index is 0.199. The van der Waals surface area contributed by atoms with Crippen molar-refractivity contribution < 1.29 is 9.21 Å². The van der Waals surface area contributed by atoms with E-state index in [1.165, 1.54) is 0 Å². The SMILES string of the molecule is CSCC[C@H](NC(=O)c1cc2ccccc2o1)c1nc2ccccc2[nH]1. The molecule has 2 N–H and O–H groups in total. The Morgan fingerprint density at radius 1 is 1.23 bits per heavy atom. The molecule has 6 heteroatoms. The first-order valence-electron chi connectivity index (χ1n) is 8.47. The van der Waals surface area contributed by atoms with Gasteiger partial charge in [0.2, 0.25) is 0 Å². The average molecular weight is 365 g/mol. The zero-order chi connectivity index (χ0) is 17.9. The number of amides is 1. The Bertz CT molecular complexity index is 987. The van der Waals surface area contributed by atoms with E-state index in [1.807, 2.05) is 48.5 Å². The van der Waals surface area contributed by atoms with Crippen LogP contribution in [0.25, 0.3) is 22.0 Å². The predicted molar refractivity (Wildman–Crippen MR) is 106 cm³/mol. The number of aromatic amines is 1. The molecular formula is C20H19N3O2S. The van der Waals surface area contributed by atoms with Crippen LogP contribution in [0, 0.1) is 0 Å². The number of para-hydroxylation sites is 3. The number of benzene rings is 2. The minimum atomic E-state index is -0.229. The zero-order valence-corrected chi connectivity index (χ0v) is 15.2. The summed E-state index contributed by atoms with van der Waals surface area (Å²) in [7, 11) is 0. The second-order valence-electron chi connectivity index (χ2n) is 6.10. The van der Waals surface area contributed by atoms with Crippen molar-refractivity contribution in [3.8, 4) is 0 Å². The van der Waals surface area contributed by atoms with Crippen LogP contribution in [0.15, 0.2) is 59.0 Å². The van der Waals surface area contributed by atoms with Gasteiger partial charge in [0.05, 0.1) is 17.1 Å². The van der Waals surface area contributed by atoms with Crippen molar-refractivity contribution in [2.24, 2.45) is 0 Å². The van der Waals surface area contributed by atoms with E-state index in [-0.39, 0.29) is 11.9 Å². The van der Waals surface area contributed by atoms with Crippen LogP contribution in [0.1, 0.15) is 28.8 Å². The standard InChI is InChI=1S/C20H19N3O2S/c1-26-11-10-16(19-21-14-7-3-4-8-15(14)22-19)23-20(24)18-12-13-6-2-5-9-17(13)25-18/h2-9,12,16H,10-11H2,1H3,(H,21,22)(H,23,24)/t16-/m0/s1. The van der Waals surface area contributed by atoms with Gasteiger partial charge in [-0.15, -0.1) is 0 Å². The van der Waals surface area contributed by atoms with Gasteiger partial charge in [-0.3, -0.25) is 4.79 Å². The quantitative estimate of drug-likeness (QED) is 0.526. The van der Waals surface area contributed by atoms with Gasteiger partial charge in [0.15, 0.2) is 5.76 Å². The lowest BCUT2D eigenvalue weighted by Crippen LogP contribution is -2.29. The average Bonchev–Trinajstić information content (AvgIpc) is 3.28. The highest BCUT2D eigenvalue weighted by Gasteiger charge is 2.21. The van der Waals surface area contributed by atoms with Gasteiger partial charge in [0.1, 0.15) is 11.4 Å².